The van der Waals surface area contributed by atoms with E-state index < -0.39 is 0 Å². The maximum Gasteiger partial charge on any atom is 0.141 e. The summed E-state index contributed by atoms with van der Waals surface area (Å²) in [7, 11) is 0. The van der Waals surface area contributed by atoms with Gasteiger partial charge in [0.2, 0.25) is 0 Å². The molecule has 0 saturated carbocycles. The highest BCUT2D eigenvalue weighted by atomic mass is 19.1. The quantitative estimate of drug-likeness (QED) is 0.901. The van der Waals surface area contributed by atoms with Crippen LogP contribution in [0.15, 0.2) is 42.6 Å². The monoisotopic (exact) mass is 271 g/mol. The number of fused-ring (bicyclic) bond motifs is 1. The maximum absolute atomic E-state index is 12.9. The van der Waals surface area contributed by atoms with E-state index in [1.165, 1.54) is 23.4 Å². The highest BCUT2D eigenvalue weighted by Crippen LogP contribution is 2.30. The number of hydrogen-bond donors (Lipinski definition) is 2. The SMILES string of the molecule is CC(N[C@@H]1Cc2ccccc2[C@H]1N)c1ccc(F)cn1. The molecule has 20 heavy (non-hydrogen) atoms. The van der Waals surface area contributed by atoms with Crippen molar-refractivity contribution < 1.29 is 4.39 Å². The molecule has 1 aliphatic carbocycles. The zero-order chi connectivity index (χ0) is 14.1. The first kappa shape index (κ1) is 13.2. The summed E-state index contributed by atoms with van der Waals surface area (Å²) in [5.41, 5.74) is 9.64. The number of nitrogens with two attached hydrogens (primary N) is 1. The van der Waals surface area contributed by atoms with Crippen molar-refractivity contribution in [1.82, 2.24) is 10.3 Å². The molecule has 1 heterocycles. The van der Waals surface area contributed by atoms with E-state index >= 15 is 0 Å². The molecule has 3 rings (SSSR count). The van der Waals surface area contributed by atoms with Gasteiger partial charge in [0.25, 0.3) is 0 Å². The second-order valence-corrected chi connectivity index (χ2v) is 5.32. The Morgan fingerprint density at radius 1 is 1.30 bits per heavy atom. The van der Waals surface area contributed by atoms with E-state index in [0.717, 1.165) is 12.1 Å². The number of aromatic nitrogens is 1. The fourth-order valence-corrected chi connectivity index (χ4v) is 2.84. The predicted octanol–water partition coefficient (Wildman–Crippen LogP) is 2.50. The van der Waals surface area contributed by atoms with Crippen LogP contribution in [0, 0.1) is 5.82 Å². The van der Waals surface area contributed by atoms with Gasteiger partial charge in [-0.05, 0) is 36.6 Å². The highest BCUT2D eigenvalue weighted by molar-refractivity contribution is 5.37. The summed E-state index contributed by atoms with van der Waals surface area (Å²) in [4.78, 5) is 4.12. The molecule has 0 saturated heterocycles. The van der Waals surface area contributed by atoms with Crippen molar-refractivity contribution in [3.63, 3.8) is 0 Å². The molecule has 0 amide bonds. The van der Waals surface area contributed by atoms with Gasteiger partial charge in [-0.15, -0.1) is 0 Å². The largest absolute Gasteiger partial charge is 0.323 e. The van der Waals surface area contributed by atoms with Crippen molar-refractivity contribution in [3.8, 4) is 0 Å². The van der Waals surface area contributed by atoms with Gasteiger partial charge in [0, 0.05) is 18.1 Å². The Morgan fingerprint density at radius 2 is 2.10 bits per heavy atom. The average molecular weight is 271 g/mol. The lowest BCUT2D eigenvalue weighted by Crippen LogP contribution is -2.38. The zero-order valence-electron chi connectivity index (χ0n) is 11.4. The van der Waals surface area contributed by atoms with E-state index in [4.69, 9.17) is 5.73 Å². The van der Waals surface area contributed by atoms with Gasteiger partial charge in [-0.2, -0.15) is 0 Å². The molecule has 0 bridgehead atoms. The molecule has 1 unspecified atom stereocenters. The van der Waals surface area contributed by atoms with Gasteiger partial charge >= 0.3 is 0 Å². The fraction of sp³-hybridized carbons (Fsp3) is 0.312. The van der Waals surface area contributed by atoms with Crippen LogP contribution < -0.4 is 11.1 Å². The highest BCUT2D eigenvalue weighted by Gasteiger charge is 2.30. The minimum Gasteiger partial charge on any atom is -0.323 e. The normalized spacial score (nSPS) is 22.6. The Labute approximate surface area is 118 Å². The van der Waals surface area contributed by atoms with Gasteiger partial charge in [-0.1, -0.05) is 24.3 Å². The lowest BCUT2D eigenvalue weighted by atomic mass is 10.1. The summed E-state index contributed by atoms with van der Waals surface area (Å²) >= 11 is 0. The van der Waals surface area contributed by atoms with Gasteiger partial charge in [0.1, 0.15) is 5.82 Å². The first-order chi connectivity index (χ1) is 9.65. The molecule has 0 fully saturated rings. The van der Waals surface area contributed by atoms with Gasteiger partial charge in [-0.25, -0.2) is 4.39 Å². The van der Waals surface area contributed by atoms with E-state index in [-0.39, 0.29) is 23.9 Å². The average Bonchev–Trinajstić information content (AvgIpc) is 2.77. The van der Waals surface area contributed by atoms with Crippen molar-refractivity contribution in [2.75, 3.05) is 0 Å². The molecule has 3 nitrogen and oxygen atoms in total. The predicted molar refractivity (Wildman–Crippen MR) is 76.6 cm³/mol. The van der Waals surface area contributed by atoms with Crippen LogP contribution in [0.2, 0.25) is 0 Å². The summed E-state index contributed by atoms with van der Waals surface area (Å²) in [5.74, 6) is -0.314. The molecular formula is C16H18FN3. The van der Waals surface area contributed by atoms with Gasteiger partial charge in [0.15, 0.2) is 0 Å². The Kier molecular flexibility index (Phi) is 3.51. The summed E-state index contributed by atoms with van der Waals surface area (Å²) < 4.78 is 12.9. The van der Waals surface area contributed by atoms with Gasteiger partial charge in [0.05, 0.1) is 11.9 Å². The number of rotatable bonds is 3. The van der Waals surface area contributed by atoms with E-state index in [1.54, 1.807) is 6.07 Å². The standard InChI is InChI=1S/C16H18FN3/c1-10(14-7-6-12(17)9-19-14)20-15-8-11-4-2-3-5-13(11)16(15)18/h2-7,9-10,15-16,20H,8,18H2,1H3/t10?,15-,16-/m1/s1. The van der Waals surface area contributed by atoms with Crippen molar-refractivity contribution in [1.29, 1.82) is 0 Å². The van der Waals surface area contributed by atoms with Crippen molar-refractivity contribution in [2.45, 2.75) is 31.5 Å². The second-order valence-electron chi connectivity index (χ2n) is 5.32. The van der Waals surface area contributed by atoms with Crippen molar-refractivity contribution in [3.05, 3.63) is 65.2 Å². The molecule has 1 aliphatic rings. The summed E-state index contributed by atoms with van der Waals surface area (Å²) in [5, 5.41) is 3.50. The molecule has 1 aromatic carbocycles. The smallest absolute Gasteiger partial charge is 0.141 e. The fourth-order valence-electron chi connectivity index (χ4n) is 2.84. The zero-order valence-corrected chi connectivity index (χ0v) is 11.4. The second kappa shape index (κ2) is 5.31. The van der Waals surface area contributed by atoms with Crippen LogP contribution in [0.5, 0.6) is 0 Å². The molecule has 3 atom stereocenters. The van der Waals surface area contributed by atoms with Gasteiger partial charge < -0.3 is 11.1 Å². The number of nitrogens with zero attached hydrogens (tertiary/aromatic N) is 1. The van der Waals surface area contributed by atoms with Crippen LogP contribution in [0.4, 0.5) is 4.39 Å². The first-order valence-corrected chi connectivity index (χ1v) is 6.86. The maximum atomic E-state index is 12.9. The number of hydrogen-bond acceptors (Lipinski definition) is 3. The summed E-state index contributed by atoms with van der Waals surface area (Å²) in [6.07, 6.45) is 2.17. The van der Waals surface area contributed by atoms with Crippen LogP contribution in [0.3, 0.4) is 0 Å². The minimum atomic E-state index is -0.314. The summed E-state index contributed by atoms with van der Waals surface area (Å²) in [6.45, 7) is 2.02. The number of benzene rings is 1. The van der Waals surface area contributed by atoms with Crippen molar-refractivity contribution in [2.24, 2.45) is 5.73 Å². The van der Waals surface area contributed by atoms with Gasteiger partial charge in [-0.3, -0.25) is 4.98 Å². The van der Waals surface area contributed by atoms with E-state index in [2.05, 4.69) is 22.4 Å². The Balaban J connectivity index is 1.72. The Morgan fingerprint density at radius 3 is 2.80 bits per heavy atom. The molecule has 0 aliphatic heterocycles. The van der Waals surface area contributed by atoms with Crippen LogP contribution in [0.1, 0.15) is 35.8 Å². The van der Waals surface area contributed by atoms with Crippen LogP contribution in [0.25, 0.3) is 0 Å². The number of pyridine rings is 1. The molecule has 3 N–H and O–H groups in total. The third kappa shape index (κ3) is 2.44. The Bertz CT molecular complexity index is 597. The number of nitrogens with one attached hydrogen (secondary N) is 1. The number of halogens is 1. The lowest BCUT2D eigenvalue weighted by molar-refractivity contribution is 0.413. The lowest BCUT2D eigenvalue weighted by Gasteiger charge is -2.22. The third-order valence-electron chi connectivity index (χ3n) is 3.95. The van der Waals surface area contributed by atoms with Crippen LogP contribution in [-0.4, -0.2) is 11.0 Å². The topological polar surface area (TPSA) is 50.9 Å². The van der Waals surface area contributed by atoms with E-state index in [9.17, 15) is 4.39 Å². The molecular weight excluding hydrogens is 253 g/mol. The Hall–Kier alpha value is -1.78. The molecule has 0 radical (unpaired) electrons. The van der Waals surface area contributed by atoms with E-state index in [0.29, 0.717) is 0 Å². The first-order valence-electron chi connectivity index (χ1n) is 6.86. The molecule has 0 spiro atoms. The third-order valence-corrected chi connectivity index (χ3v) is 3.95. The summed E-state index contributed by atoms with van der Waals surface area (Å²) in [6, 6.07) is 11.6. The molecule has 2 aromatic rings. The molecule has 104 valence electrons. The van der Waals surface area contributed by atoms with Crippen LogP contribution in [-0.2, 0) is 6.42 Å². The molecule has 4 heteroatoms. The van der Waals surface area contributed by atoms with E-state index in [1.807, 2.05) is 19.1 Å². The van der Waals surface area contributed by atoms with Crippen molar-refractivity contribution >= 4 is 0 Å². The molecule has 1 aromatic heterocycles. The van der Waals surface area contributed by atoms with Crippen LogP contribution >= 0.6 is 0 Å². The minimum absolute atomic E-state index is 0.00546.